The van der Waals surface area contributed by atoms with E-state index in [1.54, 1.807) is 15.5 Å². The third-order valence-electron chi connectivity index (χ3n) is 6.57. The van der Waals surface area contributed by atoms with Crippen LogP contribution in [-0.4, -0.2) is 27.7 Å². The predicted octanol–water partition coefficient (Wildman–Crippen LogP) is 5.36. The number of hydrogen-bond acceptors (Lipinski definition) is 4. The second-order valence-corrected chi connectivity index (χ2v) is 9.88. The Kier molecular flexibility index (Phi) is 7.13. The second kappa shape index (κ2) is 10.1. The Balaban J connectivity index is 1.76. The molecule has 3 aromatic rings. The van der Waals surface area contributed by atoms with Crippen molar-refractivity contribution in [2.45, 2.75) is 46.9 Å². The molecule has 2 heterocycles. The molecule has 1 aliphatic heterocycles. The maximum Gasteiger partial charge on any atom is 0.274 e. The molecule has 1 aromatic heterocycles. The largest absolute Gasteiger partial charge is 0.483 e. The van der Waals surface area contributed by atoms with Gasteiger partial charge in [-0.1, -0.05) is 74.8 Å². The number of Topliss-reactive ketones (excluding diaryl/α,β-unsaturated/α-hetero) is 1. The molecule has 0 unspecified atom stereocenters. The fourth-order valence-corrected chi connectivity index (χ4v) is 4.29. The van der Waals surface area contributed by atoms with Gasteiger partial charge >= 0.3 is 0 Å². The van der Waals surface area contributed by atoms with Gasteiger partial charge in [-0.15, -0.1) is 0 Å². The van der Waals surface area contributed by atoms with Gasteiger partial charge in [0.05, 0.1) is 5.56 Å². The van der Waals surface area contributed by atoms with E-state index in [9.17, 15) is 14.4 Å². The molecule has 6 nitrogen and oxygen atoms in total. The molecule has 1 amide bonds. The average molecular weight is 493 g/mol. The Bertz CT molecular complexity index is 1310. The lowest BCUT2D eigenvalue weighted by atomic mass is 9.82. The minimum Gasteiger partial charge on any atom is -0.483 e. The molecule has 0 atom stereocenters. The third-order valence-corrected chi connectivity index (χ3v) is 6.81. The number of ether oxygens (including phenoxy) is 1. The zero-order valence-corrected chi connectivity index (χ0v) is 21.0. The van der Waals surface area contributed by atoms with Crippen LogP contribution in [0.2, 0.25) is 5.02 Å². The fourth-order valence-electron chi connectivity index (χ4n) is 4.07. The third kappa shape index (κ3) is 5.17. The van der Waals surface area contributed by atoms with Crippen LogP contribution in [0.3, 0.4) is 0 Å². The molecule has 1 aliphatic rings. The summed E-state index contributed by atoms with van der Waals surface area (Å²) in [6.45, 7) is 6.90. The van der Waals surface area contributed by atoms with Crippen LogP contribution >= 0.6 is 11.6 Å². The van der Waals surface area contributed by atoms with Crippen molar-refractivity contribution in [3.05, 3.63) is 98.4 Å². The quantitative estimate of drug-likeness (QED) is 0.397. The van der Waals surface area contributed by atoms with Crippen molar-refractivity contribution in [1.29, 1.82) is 0 Å². The lowest BCUT2D eigenvalue weighted by Crippen LogP contribution is -2.42. The van der Waals surface area contributed by atoms with Crippen LogP contribution in [0.15, 0.2) is 65.6 Å². The number of hydrogen-bond donors (Lipinski definition) is 0. The fraction of sp³-hybridized carbons (Fsp3) is 0.321. The summed E-state index contributed by atoms with van der Waals surface area (Å²) >= 11 is 6.12. The van der Waals surface area contributed by atoms with Gasteiger partial charge < -0.3 is 14.2 Å². The normalized spacial score (nSPS) is 13.5. The Labute approximate surface area is 210 Å². The summed E-state index contributed by atoms with van der Waals surface area (Å²) in [5, 5.41) is 0.595. The summed E-state index contributed by atoms with van der Waals surface area (Å²) < 4.78 is 7.68. The highest BCUT2D eigenvalue weighted by Gasteiger charge is 2.35. The van der Waals surface area contributed by atoms with E-state index in [-0.39, 0.29) is 35.3 Å². The number of ketones is 1. The second-order valence-electron chi connectivity index (χ2n) is 9.44. The molecule has 0 saturated heterocycles. The summed E-state index contributed by atoms with van der Waals surface area (Å²) in [5.41, 5.74) is 0.726. The summed E-state index contributed by atoms with van der Waals surface area (Å²) in [4.78, 5) is 42.1. The minimum atomic E-state index is -0.706. The van der Waals surface area contributed by atoms with E-state index in [1.165, 1.54) is 6.20 Å². The molecule has 0 spiro atoms. The highest BCUT2D eigenvalue weighted by atomic mass is 35.5. The predicted molar refractivity (Wildman–Crippen MR) is 136 cm³/mol. The molecule has 0 N–H and O–H groups in total. The Morgan fingerprint density at radius 2 is 1.74 bits per heavy atom. The number of rotatable bonds is 8. The Morgan fingerprint density at radius 3 is 2.43 bits per heavy atom. The number of halogens is 1. The summed E-state index contributed by atoms with van der Waals surface area (Å²) in [6, 6.07) is 16.8. The molecule has 182 valence electrons. The smallest absolute Gasteiger partial charge is 0.274 e. The molecule has 0 bridgehead atoms. The number of fused-ring (bicyclic) bond motifs is 1. The first-order valence-electron chi connectivity index (χ1n) is 11.7. The Morgan fingerprint density at radius 1 is 1.03 bits per heavy atom. The first-order chi connectivity index (χ1) is 16.7. The van der Waals surface area contributed by atoms with Gasteiger partial charge in [-0.3, -0.25) is 14.4 Å². The number of benzene rings is 2. The van der Waals surface area contributed by atoms with Crippen LogP contribution in [0.4, 0.5) is 0 Å². The number of aromatic nitrogens is 1. The molecule has 7 heteroatoms. The van der Waals surface area contributed by atoms with Gasteiger partial charge in [0, 0.05) is 36.3 Å². The molecule has 35 heavy (non-hydrogen) atoms. The summed E-state index contributed by atoms with van der Waals surface area (Å²) in [5.74, 6) is -0.642. The van der Waals surface area contributed by atoms with Crippen molar-refractivity contribution < 1.29 is 14.3 Å². The number of carbonyl (C=O) groups is 2. The van der Waals surface area contributed by atoms with Crippen LogP contribution in [0, 0.1) is 5.41 Å². The summed E-state index contributed by atoms with van der Waals surface area (Å²) in [7, 11) is 0. The van der Waals surface area contributed by atoms with E-state index < -0.39 is 10.8 Å². The van der Waals surface area contributed by atoms with E-state index in [2.05, 4.69) is 0 Å². The maximum atomic E-state index is 13.6. The zero-order valence-electron chi connectivity index (χ0n) is 20.2. The van der Waals surface area contributed by atoms with Crippen molar-refractivity contribution >= 4 is 23.3 Å². The minimum absolute atomic E-state index is 0.0553. The SMILES string of the molecule is CCC(C)(C)C(=O)c1cn2c(c(OCc3ccccc3)c1=O)C(=O)N(Cc1cccc(Cl)c1)CC2. The number of nitrogens with zero attached hydrogens (tertiary/aromatic N) is 2. The average Bonchev–Trinajstić information content (AvgIpc) is 2.85. The zero-order chi connectivity index (χ0) is 25.2. The van der Waals surface area contributed by atoms with Crippen molar-refractivity contribution in [1.82, 2.24) is 9.47 Å². The van der Waals surface area contributed by atoms with Crippen LogP contribution in [0.1, 0.15) is 59.2 Å². The van der Waals surface area contributed by atoms with Gasteiger partial charge in [-0.2, -0.15) is 0 Å². The van der Waals surface area contributed by atoms with Crippen molar-refractivity contribution in [2.75, 3.05) is 6.54 Å². The van der Waals surface area contributed by atoms with E-state index in [4.69, 9.17) is 16.3 Å². The van der Waals surface area contributed by atoms with E-state index in [1.807, 2.05) is 69.3 Å². The van der Waals surface area contributed by atoms with E-state index >= 15 is 0 Å². The van der Waals surface area contributed by atoms with Gasteiger partial charge in [0.25, 0.3) is 5.91 Å². The molecule has 4 rings (SSSR count). The molecule has 0 fully saturated rings. The molecular weight excluding hydrogens is 464 g/mol. The number of carbonyl (C=O) groups excluding carboxylic acids is 2. The van der Waals surface area contributed by atoms with Crippen LogP contribution in [0.25, 0.3) is 0 Å². The standard InChI is InChI=1S/C28H29ClN2O4/c1-4-28(2,3)26(33)22-17-30-13-14-31(16-20-11-8-12-21(29)15-20)27(34)23(30)25(24(22)32)35-18-19-9-6-5-7-10-19/h5-12,15,17H,4,13-14,16,18H2,1-3H3. The summed E-state index contributed by atoms with van der Waals surface area (Å²) in [6.07, 6.45) is 2.11. The molecule has 0 aliphatic carbocycles. The van der Waals surface area contributed by atoms with Crippen molar-refractivity contribution in [3.8, 4) is 5.75 Å². The Hall–Kier alpha value is -3.38. The van der Waals surface area contributed by atoms with E-state index in [0.29, 0.717) is 31.1 Å². The maximum absolute atomic E-state index is 13.6. The van der Waals surface area contributed by atoms with Gasteiger partial charge in [0.1, 0.15) is 6.61 Å². The first kappa shape index (κ1) is 24.7. The van der Waals surface area contributed by atoms with Crippen LogP contribution in [-0.2, 0) is 19.7 Å². The van der Waals surface area contributed by atoms with Gasteiger partial charge in [0.2, 0.25) is 5.43 Å². The van der Waals surface area contributed by atoms with Crippen LogP contribution < -0.4 is 10.2 Å². The highest BCUT2D eigenvalue weighted by molar-refractivity contribution is 6.30. The van der Waals surface area contributed by atoms with Crippen LogP contribution in [0.5, 0.6) is 5.75 Å². The van der Waals surface area contributed by atoms with Crippen molar-refractivity contribution in [2.24, 2.45) is 5.41 Å². The van der Waals surface area contributed by atoms with E-state index in [0.717, 1.165) is 11.1 Å². The molecule has 2 aromatic carbocycles. The number of pyridine rings is 1. The lowest BCUT2D eigenvalue weighted by molar-refractivity contribution is 0.0677. The monoisotopic (exact) mass is 492 g/mol. The molecular formula is C28H29ClN2O4. The molecule has 0 radical (unpaired) electrons. The van der Waals surface area contributed by atoms with Gasteiger partial charge in [-0.25, -0.2) is 0 Å². The number of amides is 1. The highest BCUT2D eigenvalue weighted by Crippen LogP contribution is 2.28. The molecule has 0 saturated carbocycles. The van der Waals surface area contributed by atoms with Crippen molar-refractivity contribution in [3.63, 3.8) is 0 Å². The topological polar surface area (TPSA) is 68.6 Å². The lowest BCUT2D eigenvalue weighted by Gasteiger charge is -2.32. The van der Waals surface area contributed by atoms with Gasteiger partial charge in [-0.05, 0) is 29.7 Å². The van der Waals surface area contributed by atoms with Gasteiger partial charge in [0.15, 0.2) is 17.2 Å². The first-order valence-corrected chi connectivity index (χ1v) is 12.1.